The molecule has 0 unspecified atom stereocenters. The van der Waals surface area contributed by atoms with Gasteiger partial charge >= 0.3 is 0 Å². The van der Waals surface area contributed by atoms with Crippen molar-refractivity contribution in [3.05, 3.63) is 53.9 Å². The first-order valence-electron chi connectivity index (χ1n) is 10.5. The summed E-state index contributed by atoms with van der Waals surface area (Å²) >= 11 is 0. The van der Waals surface area contributed by atoms with Crippen LogP contribution in [-0.4, -0.2) is 52.2 Å². The van der Waals surface area contributed by atoms with E-state index >= 15 is 0 Å². The minimum Gasteiger partial charge on any atom is -0.354 e. The molecule has 0 radical (unpaired) electrons. The molecule has 2 fully saturated rings. The number of nitrogens with one attached hydrogen (secondary N) is 2. The molecule has 2 N–H and O–H groups in total. The zero-order valence-corrected chi connectivity index (χ0v) is 16.7. The maximum Gasteiger partial charge on any atom is 0.242 e. The molecule has 3 heterocycles. The molecule has 0 aliphatic carbocycles. The highest BCUT2D eigenvalue weighted by molar-refractivity contribution is 5.90. The van der Waals surface area contributed by atoms with Crippen LogP contribution < -0.4 is 10.6 Å². The van der Waals surface area contributed by atoms with Crippen molar-refractivity contribution in [3.63, 3.8) is 0 Å². The van der Waals surface area contributed by atoms with Crippen molar-refractivity contribution >= 4 is 11.8 Å². The van der Waals surface area contributed by atoms with Crippen LogP contribution >= 0.6 is 0 Å². The number of likely N-dealkylation sites (tertiary alicyclic amines) is 1. The Balaban J connectivity index is 1.20. The highest BCUT2D eigenvalue weighted by Crippen LogP contribution is 2.19. The lowest BCUT2D eigenvalue weighted by Crippen LogP contribution is -2.44. The molecule has 1 aromatic heterocycles. The quantitative estimate of drug-likeness (QED) is 0.745. The zero-order chi connectivity index (χ0) is 20.1. The van der Waals surface area contributed by atoms with Gasteiger partial charge in [0.2, 0.25) is 11.8 Å². The van der Waals surface area contributed by atoms with Crippen LogP contribution in [0.4, 0.5) is 0 Å². The molecule has 2 aromatic rings. The number of amides is 2. The topological polar surface area (TPSA) is 79.3 Å². The summed E-state index contributed by atoms with van der Waals surface area (Å²) in [7, 11) is 0. The maximum absolute atomic E-state index is 12.1. The van der Waals surface area contributed by atoms with Gasteiger partial charge in [0.1, 0.15) is 6.04 Å². The van der Waals surface area contributed by atoms with Gasteiger partial charge in [-0.2, -0.15) is 5.10 Å². The summed E-state index contributed by atoms with van der Waals surface area (Å²) < 4.78 is 1.94. The molecule has 2 amide bonds. The van der Waals surface area contributed by atoms with Crippen LogP contribution in [-0.2, 0) is 22.7 Å². The number of hydrogen-bond acceptors (Lipinski definition) is 4. The Labute approximate surface area is 171 Å². The van der Waals surface area contributed by atoms with Crippen molar-refractivity contribution in [2.75, 3.05) is 19.6 Å². The summed E-state index contributed by atoms with van der Waals surface area (Å²) in [6, 6.07) is 10.3. The molecule has 29 heavy (non-hydrogen) atoms. The first-order chi connectivity index (χ1) is 14.2. The highest BCUT2D eigenvalue weighted by Gasteiger charge is 2.28. The van der Waals surface area contributed by atoms with Gasteiger partial charge in [0.05, 0.1) is 6.54 Å². The van der Waals surface area contributed by atoms with Crippen molar-refractivity contribution in [2.45, 2.75) is 44.8 Å². The first-order valence-corrected chi connectivity index (χ1v) is 10.5. The van der Waals surface area contributed by atoms with Crippen LogP contribution in [0.15, 0.2) is 42.7 Å². The van der Waals surface area contributed by atoms with E-state index in [0.717, 1.165) is 39.0 Å². The molecule has 1 atom stereocenters. The lowest BCUT2D eigenvalue weighted by molar-refractivity contribution is -0.125. The molecule has 154 valence electrons. The van der Waals surface area contributed by atoms with Gasteiger partial charge in [0.15, 0.2) is 0 Å². The predicted molar refractivity (Wildman–Crippen MR) is 110 cm³/mol. The van der Waals surface area contributed by atoms with Crippen molar-refractivity contribution < 1.29 is 9.59 Å². The number of carbonyl (C=O) groups is 2. The summed E-state index contributed by atoms with van der Waals surface area (Å²) in [6.45, 7) is 4.55. The van der Waals surface area contributed by atoms with E-state index in [1.54, 1.807) is 6.20 Å². The van der Waals surface area contributed by atoms with E-state index in [-0.39, 0.29) is 17.9 Å². The van der Waals surface area contributed by atoms with Crippen molar-refractivity contribution in [3.8, 4) is 0 Å². The summed E-state index contributed by atoms with van der Waals surface area (Å²) in [4.78, 5) is 25.9. The third-order valence-corrected chi connectivity index (χ3v) is 5.89. The average molecular weight is 396 g/mol. The SMILES string of the molecule is O=C1CC[C@H](C(=O)NCC2CCN(Cc3cccc(Cn4cccn4)c3)CC2)N1. The molecule has 0 bridgehead atoms. The maximum atomic E-state index is 12.1. The molecular formula is C22H29N5O2. The fourth-order valence-corrected chi connectivity index (χ4v) is 4.19. The van der Waals surface area contributed by atoms with Crippen LogP contribution in [0.1, 0.15) is 36.8 Å². The van der Waals surface area contributed by atoms with Crippen LogP contribution in [0, 0.1) is 5.92 Å². The monoisotopic (exact) mass is 395 g/mol. The van der Waals surface area contributed by atoms with Gasteiger partial charge < -0.3 is 10.6 Å². The van der Waals surface area contributed by atoms with E-state index < -0.39 is 0 Å². The van der Waals surface area contributed by atoms with E-state index in [4.69, 9.17) is 0 Å². The molecule has 2 aliphatic heterocycles. The summed E-state index contributed by atoms with van der Waals surface area (Å²) in [5, 5.41) is 10.0. The van der Waals surface area contributed by atoms with Crippen molar-refractivity contribution in [1.82, 2.24) is 25.3 Å². The number of piperidine rings is 1. The largest absolute Gasteiger partial charge is 0.354 e. The molecule has 7 heteroatoms. The van der Waals surface area contributed by atoms with Crippen LogP contribution in [0.5, 0.6) is 0 Å². The van der Waals surface area contributed by atoms with E-state index in [0.29, 0.717) is 25.3 Å². The molecule has 2 aliphatic rings. The number of carbonyl (C=O) groups excluding carboxylic acids is 2. The second-order valence-electron chi connectivity index (χ2n) is 8.15. The lowest BCUT2D eigenvalue weighted by Gasteiger charge is -2.32. The minimum absolute atomic E-state index is 0.0212. The van der Waals surface area contributed by atoms with Gasteiger partial charge in [0.25, 0.3) is 0 Å². The number of hydrogen-bond donors (Lipinski definition) is 2. The fraction of sp³-hybridized carbons (Fsp3) is 0.500. The molecule has 0 spiro atoms. The van der Waals surface area contributed by atoms with E-state index in [1.807, 2.05) is 16.9 Å². The normalized spacial score (nSPS) is 20.6. The van der Waals surface area contributed by atoms with Crippen LogP contribution in [0.25, 0.3) is 0 Å². The summed E-state index contributed by atoms with van der Waals surface area (Å²) in [5.41, 5.74) is 2.60. The molecule has 0 saturated carbocycles. The fourth-order valence-electron chi connectivity index (χ4n) is 4.19. The Morgan fingerprint density at radius 3 is 2.62 bits per heavy atom. The van der Waals surface area contributed by atoms with Gasteiger partial charge in [-0.05, 0) is 55.5 Å². The average Bonchev–Trinajstić information content (AvgIpc) is 3.39. The van der Waals surface area contributed by atoms with Gasteiger partial charge in [0, 0.05) is 31.9 Å². The minimum atomic E-state index is -0.336. The molecule has 2 saturated heterocycles. The Morgan fingerprint density at radius 2 is 1.93 bits per heavy atom. The zero-order valence-electron chi connectivity index (χ0n) is 16.7. The molecule has 1 aromatic carbocycles. The molecular weight excluding hydrogens is 366 g/mol. The predicted octanol–water partition coefficient (Wildman–Crippen LogP) is 1.54. The van der Waals surface area contributed by atoms with Gasteiger partial charge in [-0.3, -0.25) is 19.2 Å². The number of aromatic nitrogens is 2. The number of rotatable bonds is 7. The van der Waals surface area contributed by atoms with E-state index in [2.05, 4.69) is 44.9 Å². The standard InChI is InChI=1S/C22H29N5O2/c28-21-6-5-20(25-21)22(29)23-14-17-7-11-26(12-8-17)15-18-3-1-4-19(13-18)16-27-10-2-9-24-27/h1-4,9-10,13,17,20H,5-8,11-12,14-16H2,(H,23,29)(H,25,28)/t20-/m1/s1. The number of benzene rings is 1. The summed E-state index contributed by atoms with van der Waals surface area (Å²) in [6.07, 6.45) is 7.04. The van der Waals surface area contributed by atoms with Gasteiger partial charge in [-0.25, -0.2) is 0 Å². The van der Waals surface area contributed by atoms with E-state index in [9.17, 15) is 9.59 Å². The molecule has 7 nitrogen and oxygen atoms in total. The smallest absolute Gasteiger partial charge is 0.242 e. The highest BCUT2D eigenvalue weighted by atomic mass is 16.2. The lowest BCUT2D eigenvalue weighted by atomic mass is 9.96. The van der Waals surface area contributed by atoms with Crippen LogP contribution in [0.2, 0.25) is 0 Å². The van der Waals surface area contributed by atoms with Crippen LogP contribution in [0.3, 0.4) is 0 Å². The second-order valence-corrected chi connectivity index (χ2v) is 8.15. The van der Waals surface area contributed by atoms with Crippen molar-refractivity contribution in [1.29, 1.82) is 0 Å². The van der Waals surface area contributed by atoms with E-state index in [1.165, 1.54) is 11.1 Å². The van der Waals surface area contributed by atoms with Gasteiger partial charge in [-0.15, -0.1) is 0 Å². The van der Waals surface area contributed by atoms with Crippen molar-refractivity contribution in [2.24, 2.45) is 5.92 Å². The summed E-state index contributed by atoms with van der Waals surface area (Å²) in [5.74, 6) is 0.456. The Bertz CT molecular complexity index is 827. The Kier molecular flexibility index (Phi) is 6.24. The Hall–Kier alpha value is -2.67. The second kappa shape index (κ2) is 9.22. The van der Waals surface area contributed by atoms with Gasteiger partial charge in [-0.1, -0.05) is 24.3 Å². The third-order valence-electron chi connectivity index (χ3n) is 5.89. The first kappa shape index (κ1) is 19.6. The Morgan fingerprint density at radius 1 is 1.14 bits per heavy atom. The molecule has 4 rings (SSSR count). The number of nitrogens with zero attached hydrogens (tertiary/aromatic N) is 3. The third kappa shape index (κ3) is 5.44.